The van der Waals surface area contributed by atoms with Gasteiger partial charge in [-0.1, -0.05) is 29.8 Å². The summed E-state index contributed by atoms with van der Waals surface area (Å²) in [7, 11) is 1.94. The van der Waals surface area contributed by atoms with Crippen LogP contribution in [0, 0.1) is 34.6 Å². The Morgan fingerprint density at radius 1 is 1.05 bits per heavy atom. The van der Waals surface area contributed by atoms with E-state index < -0.39 is 5.97 Å². The van der Waals surface area contributed by atoms with E-state index in [1.54, 1.807) is 6.92 Å². The molecule has 44 heavy (non-hydrogen) atoms. The van der Waals surface area contributed by atoms with Crippen LogP contribution in [-0.4, -0.2) is 38.4 Å². The van der Waals surface area contributed by atoms with Crippen LogP contribution in [0.3, 0.4) is 0 Å². The predicted octanol–water partition coefficient (Wildman–Crippen LogP) is 6.86. The molecule has 0 atom stereocenters. The van der Waals surface area contributed by atoms with Gasteiger partial charge in [-0.05, 0) is 105 Å². The van der Waals surface area contributed by atoms with Crippen molar-refractivity contribution in [2.75, 3.05) is 6.61 Å². The molecule has 228 valence electrons. The lowest BCUT2D eigenvalue weighted by Gasteiger charge is -2.13. The standard InChI is InChI=1S/C35H37ClN4O4/c1-19-13-26(14-20(2)33(19)36)44-12-8-11-28-27-9-7-10-29(32-22(4)39-40(6)23(32)5)30(27)17-31(28)34(41)37-18-25-16-24(35(42)43)15-21(3)38-25/h7,9-10,13-16H,8,11-12,17-18H2,1-6H3,(H,37,41)(H,42,43). The second kappa shape index (κ2) is 12.7. The number of hydrogen-bond acceptors (Lipinski definition) is 5. The summed E-state index contributed by atoms with van der Waals surface area (Å²) < 4.78 is 7.98. The minimum Gasteiger partial charge on any atom is -0.494 e. The Kier molecular flexibility index (Phi) is 8.92. The van der Waals surface area contributed by atoms with Crippen LogP contribution < -0.4 is 10.1 Å². The minimum absolute atomic E-state index is 0.125. The van der Waals surface area contributed by atoms with Gasteiger partial charge in [0.15, 0.2) is 0 Å². The van der Waals surface area contributed by atoms with E-state index in [0.717, 1.165) is 61.1 Å². The predicted molar refractivity (Wildman–Crippen MR) is 172 cm³/mol. The van der Waals surface area contributed by atoms with E-state index in [0.29, 0.717) is 42.8 Å². The summed E-state index contributed by atoms with van der Waals surface area (Å²) in [5.41, 5.74) is 11.2. The van der Waals surface area contributed by atoms with Crippen LogP contribution in [0.15, 0.2) is 48.0 Å². The van der Waals surface area contributed by atoms with Crippen molar-refractivity contribution < 1.29 is 19.4 Å². The third-order valence-corrected chi connectivity index (χ3v) is 8.80. The van der Waals surface area contributed by atoms with Gasteiger partial charge in [0.05, 0.1) is 30.1 Å². The molecule has 8 nitrogen and oxygen atoms in total. The van der Waals surface area contributed by atoms with E-state index >= 15 is 0 Å². The largest absolute Gasteiger partial charge is 0.494 e. The van der Waals surface area contributed by atoms with Crippen LogP contribution >= 0.6 is 11.6 Å². The lowest BCUT2D eigenvalue weighted by molar-refractivity contribution is -0.117. The van der Waals surface area contributed by atoms with Crippen molar-refractivity contribution in [2.24, 2.45) is 7.05 Å². The summed E-state index contributed by atoms with van der Waals surface area (Å²) in [6.07, 6.45) is 1.85. The third-order valence-electron chi connectivity index (χ3n) is 8.20. The Bertz CT molecular complexity index is 1800. The summed E-state index contributed by atoms with van der Waals surface area (Å²) >= 11 is 6.33. The molecule has 0 unspecified atom stereocenters. The molecule has 5 rings (SSSR count). The summed E-state index contributed by atoms with van der Waals surface area (Å²) in [4.78, 5) is 29.7. The monoisotopic (exact) mass is 612 g/mol. The molecule has 2 aromatic heterocycles. The van der Waals surface area contributed by atoms with Gasteiger partial charge in [-0.3, -0.25) is 14.5 Å². The lowest BCUT2D eigenvalue weighted by atomic mass is 9.93. The average molecular weight is 613 g/mol. The molecule has 0 bridgehead atoms. The normalized spacial score (nSPS) is 12.4. The zero-order valence-corrected chi connectivity index (χ0v) is 26.7. The molecule has 9 heteroatoms. The number of ether oxygens (including phenoxy) is 1. The first-order chi connectivity index (χ1) is 20.9. The Hall–Kier alpha value is -4.43. The molecule has 1 aliphatic rings. The number of allylic oxidation sites excluding steroid dienone is 1. The smallest absolute Gasteiger partial charge is 0.335 e. The number of benzene rings is 2. The number of amides is 1. The summed E-state index contributed by atoms with van der Waals surface area (Å²) in [5.74, 6) is -0.440. The molecule has 0 radical (unpaired) electrons. The molecular formula is C35H37ClN4O4. The number of rotatable bonds is 10. The number of aryl methyl sites for hydroxylation is 5. The van der Waals surface area contributed by atoms with Gasteiger partial charge < -0.3 is 15.2 Å². The maximum Gasteiger partial charge on any atom is 0.335 e. The first-order valence-electron chi connectivity index (χ1n) is 14.7. The van der Waals surface area contributed by atoms with Gasteiger partial charge in [0, 0.05) is 41.0 Å². The molecule has 0 saturated heterocycles. The van der Waals surface area contributed by atoms with Crippen molar-refractivity contribution in [3.8, 4) is 16.9 Å². The molecule has 1 aliphatic carbocycles. The molecule has 0 spiro atoms. The van der Waals surface area contributed by atoms with Crippen molar-refractivity contribution in [1.29, 1.82) is 0 Å². The zero-order chi connectivity index (χ0) is 31.7. The number of nitrogens with one attached hydrogen (secondary N) is 1. The molecule has 2 heterocycles. The SMILES string of the molecule is Cc1cc(C(=O)O)cc(CNC(=O)C2=C(CCCOc3cc(C)c(Cl)c(C)c3)c3cccc(-c4c(C)nn(C)c4C)c3C2)n1. The van der Waals surface area contributed by atoms with Crippen LogP contribution in [0.4, 0.5) is 0 Å². The number of hydrogen-bond donors (Lipinski definition) is 2. The van der Waals surface area contributed by atoms with Gasteiger partial charge in [0.2, 0.25) is 5.91 Å². The van der Waals surface area contributed by atoms with Gasteiger partial charge in [0.1, 0.15) is 5.75 Å². The van der Waals surface area contributed by atoms with Gasteiger partial charge in [-0.2, -0.15) is 5.10 Å². The van der Waals surface area contributed by atoms with E-state index in [1.807, 2.05) is 50.7 Å². The van der Waals surface area contributed by atoms with Gasteiger partial charge in [-0.25, -0.2) is 4.79 Å². The molecule has 0 aliphatic heterocycles. The third kappa shape index (κ3) is 6.26. The minimum atomic E-state index is -1.03. The highest BCUT2D eigenvalue weighted by molar-refractivity contribution is 6.32. The van der Waals surface area contributed by atoms with Crippen molar-refractivity contribution in [1.82, 2.24) is 20.1 Å². The van der Waals surface area contributed by atoms with Gasteiger partial charge >= 0.3 is 5.97 Å². The van der Waals surface area contributed by atoms with Gasteiger partial charge in [0.25, 0.3) is 0 Å². The Morgan fingerprint density at radius 3 is 2.41 bits per heavy atom. The van der Waals surface area contributed by atoms with Gasteiger partial charge in [-0.15, -0.1) is 0 Å². The van der Waals surface area contributed by atoms with Crippen molar-refractivity contribution in [3.05, 3.63) is 104 Å². The van der Waals surface area contributed by atoms with E-state index in [4.69, 9.17) is 16.3 Å². The van der Waals surface area contributed by atoms with Crippen LogP contribution in [0.5, 0.6) is 5.75 Å². The summed E-state index contributed by atoms with van der Waals surface area (Å²) in [6, 6.07) is 13.1. The molecule has 0 saturated carbocycles. The fourth-order valence-electron chi connectivity index (χ4n) is 6.06. The molecule has 0 fully saturated rings. The maximum atomic E-state index is 13.8. The average Bonchev–Trinajstić information content (AvgIpc) is 3.47. The van der Waals surface area contributed by atoms with Crippen molar-refractivity contribution in [2.45, 2.75) is 60.4 Å². The number of aromatic carboxylic acids is 1. The number of carbonyl (C=O) groups excluding carboxylic acids is 1. The lowest BCUT2D eigenvalue weighted by Crippen LogP contribution is -2.26. The number of fused-ring (bicyclic) bond motifs is 1. The van der Waals surface area contributed by atoms with E-state index in [2.05, 4.69) is 34.5 Å². The summed E-state index contributed by atoms with van der Waals surface area (Å²) in [5, 5.41) is 17.8. The quantitative estimate of drug-likeness (QED) is 0.190. The number of aromatic nitrogens is 3. The molecule has 4 aromatic rings. The van der Waals surface area contributed by atoms with Crippen LogP contribution in [0.25, 0.3) is 16.7 Å². The first kappa shape index (κ1) is 31.0. The second-order valence-electron chi connectivity index (χ2n) is 11.4. The molecule has 1 amide bonds. The Morgan fingerprint density at radius 2 is 1.75 bits per heavy atom. The van der Waals surface area contributed by atoms with Crippen molar-refractivity contribution in [3.63, 3.8) is 0 Å². The molecular weight excluding hydrogens is 576 g/mol. The number of pyridine rings is 1. The zero-order valence-electron chi connectivity index (χ0n) is 26.0. The Labute approximate surface area is 262 Å². The highest BCUT2D eigenvalue weighted by atomic mass is 35.5. The van der Waals surface area contributed by atoms with Crippen LogP contribution in [0.1, 0.15) is 68.2 Å². The fraction of sp³-hybridized carbons (Fsp3) is 0.314. The first-order valence-corrected chi connectivity index (χ1v) is 15.1. The highest BCUT2D eigenvalue weighted by Crippen LogP contribution is 2.42. The van der Waals surface area contributed by atoms with Crippen LogP contribution in [0.2, 0.25) is 5.02 Å². The topological polar surface area (TPSA) is 106 Å². The number of carboxylic acids is 1. The van der Waals surface area contributed by atoms with E-state index in [-0.39, 0.29) is 18.0 Å². The summed E-state index contributed by atoms with van der Waals surface area (Å²) in [6.45, 7) is 10.3. The van der Waals surface area contributed by atoms with Crippen LogP contribution in [-0.2, 0) is 24.8 Å². The molecule has 2 aromatic carbocycles. The second-order valence-corrected chi connectivity index (χ2v) is 11.8. The Balaban J connectivity index is 1.42. The van der Waals surface area contributed by atoms with E-state index in [9.17, 15) is 14.7 Å². The van der Waals surface area contributed by atoms with E-state index in [1.165, 1.54) is 12.1 Å². The number of carbonyl (C=O) groups is 2. The molecule has 2 N–H and O–H groups in total. The van der Waals surface area contributed by atoms with Crippen molar-refractivity contribution >= 4 is 29.1 Å². The highest BCUT2D eigenvalue weighted by Gasteiger charge is 2.29. The number of halogens is 1. The fourth-order valence-corrected chi connectivity index (χ4v) is 6.17. The number of carboxylic acid groups (broad SMARTS) is 1. The number of nitrogens with zero attached hydrogens (tertiary/aromatic N) is 3. The maximum absolute atomic E-state index is 13.8.